The summed E-state index contributed by atoms with van der Waals surface area (Å²) in [6, 6.07) is 5.41. The van der Waals surface area contributed by atoms with Crippen LogP contribution in [0.1, 0.15) is 19.8 Å². The predicted octanol–water partition coefficient (Wildman–Crippen LogP) is 1.80. The Morgan fingerprint density at radius 3 is 2.45 bits per heavy atom. The molecule has 0 aromatic heterocycles. The Bertz CT molecular complexity index is 605. The van der Waals surface area contributed by atoms with Gasteiger partial charge in [-0.2, -0.15) is 0 Å². The van der Waals surface area contributed by atoms with E-state index in [1.54, 1.807) is 19.1 Å². The maximum atomic E-state index is 11.7. The summed E-state index contributed by atoms with van der Waals surface area (Å²) >= 11 is 0. The average Bonchev–Trinajstić information content (AvgIpc) is 2.77. The van der Waals surface area contributed by atoms with Crippen LogP contribution in [-0.2, 0) is 4.79 Å². The van der Waals surface area contributed by atoms with Gasteiger partial charge in [-0.15, -0.1) is 0 Å². The molecule has 0 aliphatic carbocycles. The molecule has 22 heavy (non-hydrogen) atoms. The van der Waals surface area contributed by atoms with E-state index in [0.29, 0.717) is 0 Å². The zero-order valence-electron chi connectivity index (χ0n) is 12.7. The van der Waals surface area contributed by atoms with Crippen molar-refractivity contribution in [3.8, 4) is 5.75 Å². The minimum absolute atomic E-state index is 0.0309. The van der Waals surface area contributed by atoms with Gasteiger partial charge in [-0.05, 0) is 18.9 Å². The summed E-state index contributed by atoms with van der Waals surface area (Å²) in [7, 11) is 1.43. The lowest BCUT2D eigenvalue weighted by atomic mass is 10.1. The number of nitrogens with zero attached hydrogens (tertiary/aromatic N) is 3. The molecule has 1 aromatic rings. The maximum absolute atomic E-state index is 11.7. The number of methoxy groups -OCH3 is 1. The molecule has 7 nitrogen and oxygen atoms in total. The van der Waals surface area contributed by atoms with Crippen LogP contribution in [0.15, 0.2) is 18.2 Å². The molecule has 1 amide bonds. The molecule has 0 N–H and O–H groups in total. The van der Waals surface area contributed by atoms with E-state index in [9.17, 15) is 14.9 Å². The lowest BCUT2D eigenvalue weighted by molar-refractivity contribution is -0.385. The molecule has 2 aliphatic rings. The Morgan fingerprint density at radius 2 is 1.95 bits per heavy atom. The normalized spacial score (nSPS) is 23.5. The molecule has 0 spiro atoms. The molecule has 0 saturated carbocycles. The van der Waals surface area contributed by atoms with Crippen LogP contribution in [-0.4, -0.2) is 48.0 Å². The zero-order chi connectivity index (χ0) is 15.9. The van der Waals surface area contributed by atoms with Gasteiger partial charge in [-0.25, -0.2) is 0 Å². The van der Waals surface area contributed by atoms with Gasteiger partial charge in [0.2, 0.25) is 5.91 Å². The molecule has 2 heterocycles. The number of carbonyl (C=O) groups excluding carboxylic acids is 1. The third-order valence-electron chi connectivity index (χ3n) is 4.57. The average molecular weight is 305 g/mol. The summed E-state index contributed by atoms with van der Waals surface area (Å²) in [5.41, 5.74) is 0.874. The first-order valence-electron chi connectivity index (χ1n) is 7.37. The molecule has 3 rings (SSSR count). The largest absolute Gasteiger partial charge is 0.490 e. The third-order valence-corrected chi connectivity index (χ3v) is 4.57. The van der Waals surface area contributed by atoms with E-state index in [2.05, 4.69) is 4.90 Å². The molecule has 2 aliphatic heterocycles. The first-order chi connectivity index (χ1) is 10.5. The summed E-state index contributed by atoms with van der Waals surface area (Å²) in [4.78, 5) is 26.4. The second-order valence-corrected chi connectivity index (χ2v) is 5.83. The Kier molecular flexibility index (Phi) is 3.64. The van der Waals surface area contributed by atoms with Gasteiger partial charge in [-0.1, -0.05) is 0 Å². The number of nitro benzene ring substituents is 1. The van der Waals surface area contributed by atoms with E-state index in [4.69, 9.17) is 4.74 Å². The van der Waals surface area contributed by atoms with Crippen LogP contribution in [0.5, 0.6) is 5.75 Å². The van der Waals surface area contributed by atoms with Crippen molar-refractivity contribution in [3.05, 3.63) is 28.3 Å². The van der Waals surface area contributed by atoms with Crippen LogP contribution < -0.4 is 9.64 Å². The molecule has 2 fully saturated rings. The van der Waals surface area contributed by atoms with Gasteiger partial charge in [0.1, 0.15) is 0 Å². The minimum Gasteiger partial charge on any atom is -0.490 e. The number of fused-ring (bicyclic) bond motifs is 2. The van der Waals surface area contributed by atoms with Crippen molar-refractivity contribution in [2.75, 3.05) is 25.1 Å². The fourth-order valence-electron chi connectivity index (χ4n) is 3.64. The van der Waals surface area contributed by atoms with Gasteiger partial charge in [0.25, 0.3) is 0 Å². The molecule has 2 atom stereocenters. The van der Waals surface area contributed by atoms with Crippen LogP contribution in [0.25, 0.3) is 0 Å². The van der Waals surface area contributed by atoms with E-state index < -0.39 is 4.92 Å². The molecule has 0 radical (unpaired) electrons. The summed E-state index contributed by atoms with van der Waals surface area (Å²) < 4.78 is 5.13. The van der Waals surface area contributed by atoms with Gasteiger partial charge in [0.05, 0.1) is 12.0 Å². The summed E-state index contributed by atoms with van der Waals surface area (Å²) in [6.45, 7) is 3.14. The highest BCUT2D eigenvalue weighted by Crippen LogP contribution is 2.36. The number of hydrogen-bond acceptors (Lipinski definition) is 5. The van der Waals surface area contributed by atoms with Gasteiger partial charge >= 0.3 is 5.69 Å². The Morgan fingerprint density at radius 1 is 1.32 bits per heavy atom. The first-order valence-corrected chi connectivity index (χ1v) is 7.37. The number of nitro groups is 1. The molecule has 7 heteroatoms. The first kappa shape index (κ1) is 14.6. The lowest BCUT2D eigenvalue weighted by Crippen LogP contribution is -2.55. The van der Waals surface area contributed by atoms with Gasteiger partial charge in [0.15, 0.2) is 5.75 Å². The topological polar surface area (TPSA) is 75.9 Å². The zero-order valence-corrected chi connectivity index (χ0v) is 12.7. The van der Waals surface area contributed by atoms with Crippen molar-refractivity contribution in [1.29, 1.82) is 0 Å². The quantitative estimate of drug-likeness (QED) is 0.629. The summed E-state index contributed by atoms with van der Waals surface area (Å²) in [5.74, 6) is 0.400. The number of rotatable bonds is 3. The highest BCUT2D eigenvalue weighted by molar-refractivity contribution is 5.75. The van der Waals surface area contributed by atoms with E-state index in [0.717, 1.165) is 31.6 Å². The SMILES string of the molecule is COc1cc(N2CC3CCC(C2)N3C(C)=O)ccc1[N+](=O)[O-]. The molecular weight excluding hydrogens is 286 g/mol. The smallest absolute Gasteiger partial charge is 0.311 e. The van der Waals surface area contributed by atoms with Gasteiger partial charge in [-0.3, -0.25) is 14.9 Å². The van der Waals surface area contributed by atoms with Crippen LogP contribution in [0.3, 0.4) is 0 Å². The number of anilines is 1. The second kappa shape index (κ2) is 5.47. The minimum atomic E-state index is -0.444. The fraction of sp³-hybridized carbons (Fsp3) is 0.533. The molecular formula is C15H19N3O4. The monoisotopic (exact) mass is 305 g/mol. The van der Waals surface area contributed by atoms with Crippen molar-refractivity contribution in [1.82, 2.24) is 4.90 Å². The van der Waals surface area contributed by atoms with E-state index >= 15 is 0 Å². The number of piperazine rings is 1. The highest BCUT2D eigenvalue weighted by Gasteiger charge is 2.41. The number of amides is 1. The van der Waals surface area contributed by atoms with Crippen molar-refractivity contribution in [2.45, 2.75) is 31.8 Å². The number of carbonyl (C=O) groups is 1. The molecule has 2 bridgehead atoms. The number of hydrogen-bond donors (Lipinski definition) is 0. The van der Waals surface area contributed by atoms with Crippen molar-refractivity contribution >= 4 is 17.3 Å². The molecule has 2 unspecified atom stereocenters. The second-order valence-electron chi connectivity index (χ2n) is 5.83. The third kappa shape index (κ3) is 2.36. The van der Waals surface area contributed by atoms with Gasteiger partial charge in [0, 0.05) is 49.9 Å². The summed E-state index contributed by atoms with van der Waals surface area (Å²) in [6.07, 6.45) is 2.04. The Hall–Kier alpha value is -2.31. The van der Waals surface area contributed by atoms with E-state index in [-0.39, 0.29) is 29.4 Å². The van der Waals surface area contributed by atoms with Crippen LogP contribution in [0.4, 0.5) is 11.4 Å². The maximum Gasteiger partial charge on any atom is 0.311 e. The molecule has 118 valence electrons. The Balaban J connectivity index is 1.85. The Labute approximate surface area is 128 Å². The van der Waals surface area contributed by atoms with E-state index in [1.165, 1.54) is 13.2 Å². The number of benzene rings is 1. The highest BCUT2D eigenvalue weighted by atomic mass is 16.6. The van der Waals surface area contributed by atoms with Gasteiger partial charge < -0.3 is 14.5 Å². The standard InChI is InChI=1S/C15H19N3O4/c1-10(19)17-12-3-4-13(17)9-16(8-12)11-5-6-14(18(20)21)15(7-11)22-2/h5-7,12-13H,3-4,8-9H2,1-2H3. The van der Waals surface area contributed by atoms with Crippen molar-refractivity contribution in [3.63, 3.8) is 0 Å². The van der Waals surface area contributed by atoms with Crippen molar-refractivity contribution < 1.29 is 14.5 Å². The fourth-order valence-corrected chi connectivity index (χ4v) is 3.64. The molecule has 1 aromatic carbocycles. The molecule has 2 saturated heterocycles. The predicted molar refractivity (Wildman–Crippen MR) is 81.2 cm³/mol. The van der Waals surface area contributed by atoms with Crippen molar-refractivity contribution in [2.24, 2.45) is 0 Å². The number of ether oxygens (including phenoxy) is 1. The lowest BCUT2D eigenvalue weighted by Gasteiger charge is -2.41. The van der Waals surface area contributed by atoms with Crippen LogP contribution in [0.2, 0.25) is 0 Å². The van der Waals surface area contributed by atoms with Crippen LogP contribution >= 0.6 is 0 Å². The van der Waals surface area contributed by atoms with E-state index in [1.807, 2.05) is 4.90 Å². The summed E-state index contributed by atoms with van der Waals surface area (Å²) in [5, 5.41) is 11.0. The van der Waals surface area contributed by atoms with Crippen LogP contribution in [0, 0.1) is 10.1 Å².